The van der Waals surface area contributed by atoms with Crippen molar-refractivity contribution in [3.63, 3.8) is 0 Å². The molecule has 172 valence electrons. The molecule has 1 saturated heterocycles. The van der Waals surface area contributed by atoms with Crippen molar-refractivity contribution in [3.8, 4) is 22.8 Å². The second-order valence-corrected chi connectivity index (χ2v) is 9.10. The number of carbonyl (C=O) groups excluding carboxylic acids is 1. The average molecular weight is 449 g/mol. The van der Waals surface area contributed by atoms with E-state index in [2.05, 4.69) is 27.4 Å². The summed E-state index contributed by atoms with van der Waals surface area (Å²) < 4.78 is 5.36. The minimum absolute atomic E-state index is 0.133. The monoisotopic (exact) mass is 448 g/mol. The van der Waals surface area contributed by atoms with E-state index in [4.69, 9.17) is 9.51 Å². The van der Waals surface area contributed by atoms with E-state index in [0.29, 0.717) is 47.2 Å². The van der Waals surface area contributed by atoms with Gasteiger partial charge in [0.15, 0.2) is 5.76 Å². The zero-order valence-electron chi connectivity index (χ0n) is 18.9. The number of pyridine rings is 1. The van der Waals surface area contributed by atoms with Crippen LogP contribution in [0.25, 0.3) is 22.8 Å². The Hall–Kier alpha value is -3.33. The van der Waals surface area contributed by atoms with Crippen LogP contribution < -0.4 is 5.32 Å². The van der Waals surface area contributed by atoms with Gasteiger partial charge in [0.1, 0.15) is 5.69 Å². The highest BCUT2D eigenvalue weighted by Crippen LogP contribution is 2.34. The van der Waals surface area contributed by atoms with E-state index >= 15 is 0 Å². The number of likely N-dealkylation sites (tertiary alicyclic amines) is 1. The van der Waals surface area contributed by atoms with Crippen molar-refractivity contribution in [2.24, 2.45) is 5.92 Å². The SMILES string of the molecule is CC1CCCCC1Nc1nccc(-c2cccc(-c3cc(C4(O)CCN(C)C4=O)on3)n2)n1. The summed E-state index contributed by atoms with van der Waals surface area (Å²) in [7, 11) is 1.66. The van der Waals surface area contributed by atoms with E-state index < -0.39 is 5.60 Å². The van der Waals surface area contributed by atoms with Crippen LogP contribution in [0, 0.1) is 5.92 Å². The van der Waals surface area contributed by atoms with Crippen LogP contribution in [-0.4, -0.2) is 55.7 Å². The lowest BCUT2D eigenvalue weighted by molar-refractivity contribution is -0.144. The standard InChI is InChI=1S/C24H28N6O3/c1-15-6-3-4-7-16(15)27-23-25-12-10-19(28-23)17-8-5-9-18(26-17)20-14-21(33-29-20)24(32)11-13-30(2)22(24)31/h5,8-10,12,14-16,32H,3-4,6-7,11,13H2,1-2H3,(H,25,27,28). The number of aliphatic hydroxyl groups is 1. The molecular weight excluding hydrogens is 420 g/mol. The molecule has 33 heavy (non-hydrogen) atoms. The first kappa shape index (κ1) is 21.5. The first-order chi connectivity index (χ1) is 15.9. The highest BCUT2D eigenvalue weighted by molar-refractivity contribution is 5.87. The Morgan fingerprint density at radius 2 is 1.88 bits per heavy atom. The van der Waals surface area contributed by atoms with Gasteiger partial charge >= 0.3 is 0 Å². The minimum atomic E-state index is -1.68. The van der Waals surface area contributed by atoms with Gasteiger partial charge in [-0.3, -0.25) is 4.79 Å². The Morgan fingerprint density at radius 3 is 2.64 bits per heavy atom. The molecule has 2 N–H and O–H groups in total. The summed E-state index contributed by atoms with van der Waals surface area (Å²) in [4.78, 5) is 27.6. The summed E-state index contributed by atoms with van der Waals surface area (Å²) >= 11 is 0. The molecule has 1 amide bonds. The predicted octanol–water partition coefficient (Wildman–Crippen LogP) is 3.23. The lowest BCUT2D eigenvalue weighted by atomic mass is 9.86. The van der Waals surface area contributed by atoms with Crippen LogP contribution in [0.2, 0.25) is 0 Å². The molecule has 9 nitrogen and oxygen atoms in total. The highest BCUT2D eigenvalue weighted by atomic mass is 16.5. The molecule has 3 aromatic heterocycles. The van der Waals surface area contributed by atoms with Gasteiger partial charge in [-0.1, -0.05) is 31.0 Å². The predicted molar refractivity (Wildman–Crippen MR) is 122 cm³/mol. The molecular formula is C24H28N6O3. The number of hydrogen-bond donors (Lipinski definition) is 2. The molecule has 3 atom stereocenters. The maximum atomic E-state index is 12.4. The van der Waals surface area contributed by atoms with Crippen LogP contribution in [0.4, 0.5) is 5.95 Å². The summed E-state index contributed by atoms with van der Waals surface area (Å²) in [5.74, 6) is 0.942. The summed E-state index contributed by atoms with van der Waals surface area (Å²) in [5.41, 5.74) is 0.716. The van der Waals surface area contributed by atoms with Gasteiger partial charge in [0.05, 0.1) is 17.1 Å². The maximum Gasteiger partial charge on any atom is 0.262 e. The molecule has 0 aromatic carbocycles. The summed E-state index contributed by atoms with van der Waals surface area (Å²) in [6, 6.07) is 9.34. The van der Waals surface area contributed by atoms with E-state index in [0.717, 1.165) is 6.42 Å². The minimum Gasteiger partial charge on any atom is -0.373 e. The quantitative estimate of drug-likeness (QED) is 0.611. The number of amides is 1. The lowest BCUT2D eigenvalue weighted by Crippen LogP contribution is -2.35. The van der Waals surface area contributed by atoms with E-state index in [-0.39, 0.29) is 18.1 Å². The van der Waals surface area contributed by atoms with Crippen molar-refractivity contribution in [2.45, 2.75) is 50.7 Å². The van der Waals surface area contributed by atoms with E-state index in [1.54, 1.807) is 19.3 Å². The van der Waals surface area contributed by atoms with E-state index in [9.17, 15) is 9.90 Å². The van der Waals surface area contributed by atoms with E-state index in [1.807, 2.05) is 24.3 Å². The van der Waals surface area contributed by atoms with Gasteiger partial charge in [0.2, 0.25) is 11.5 Å². The van der Waals surface area contributed by atoms with Crippen molar-refractivity contribution in [1.29, 1.82) is 0 Å². The van der Waals surface area contributed by atoms with Crippen LogP contribution in [-0.2, 0) is 10.4 Å². The van der Waals surface area contributed by atoms with Gasteiger partial charge < -0.3 is 19.8 Å². The largest absolute Gasteiger partial charge is 0.373 e. The average Bonchev–Trinajstić information content (AvgIpc) is 3.43. The number of nitrogens with zero attached hydrogens (tertiary/aromatic N) is 5. The highest BCUT2D eigenvalue weighted by Gasteiger charge is 2.48. The van der Waals surface area contributed by atoms with E-state index in [1.165, 1.54) is 24.2 Å². The fourth-order valence-electron chi connectivity index (χ4n) is 4.66. The zero-order chi connectivity index (χ0) is 23.0. The van der Waals surface area contributed by atoms with Crippen molar-refractivity contribution >= 4 is 11.9 Å². The molecule has 3 unspecified atom stereocenters. The van der Waals surface area contributed by atoms with Gasteiger partial charge in [-0.2, -0.15) is 0 Å². The number of rotatable bonds is 5. The van der Waals surface area contributed by atoms with Crippen LogP contribution in [0.15, 0.2) is 41.1 Å². The number of carbonyl (C=O) groups is 1. The Balaban J connectivity index is 1.38. The second kappa shape index (κ2) is 8.55. The van der Waals surface area contributed by atoms with Gasteiger partial charge in [-0.15, -0.1) is 0 Å². The molecule has 2 aliphatic rings. The molecule has 5 rings (SSSR count). The smallest absolute Gasteiger partial charge is 0.262 e. The molecule has 0 radical (unpaired) electrons. The molecule has 1 saturated carbocycles. The maximum absolute atomic E-state index is 12.4. The fraction of sp³-hybridized carbons (Fsp3) is 0.458. The van der Waals surface area contributed by atoms with Gasteiger partial charge in [-0.05, 0) is 37.0 Å². The molecule has 1 aliphatic carbocycles. The number of aromatic nitrogens is 4. The van der Waals surface area contributed by atoms with Crippen molar-refractivity contribution < 1.29 is 14.4 Å². The van der Waals surface area contributed by atoms with Gasteiger partial charge in [0, 0.05) is 38.3 Å². The number of nitrogens with one attached hydrogen (secondary N) is 1. The molecule has 3 aromatic rings. The normalized spacial score (nSPS) is 25.4. The topological polar surface area (TPSA) is 117 Å². The Bertz CT molecular complexity index is 1160. The summed E-state index contributed by atoms with van der Waals surface area (Å²) in [6.07, 6.45) is 6.85. The second-order valence-electron chi connectivity index (χ2n) is 9.10. The summed E-state index contributed by atoms with van der Waals surface area (Å²) in [5, 5.41) is 18.4. The van der Waals surface area contributed by atoms with Crippen LogP contribution in [0.3, 0.4) is 0 Å². The molecule has 2 fully saturated rings. The Kier molecular flexibility index (Phi) is 5.57. The molecule has 9 heteroatoms. The third-order valence-electron chi connectivity index (χ3n) is 6.78. The third kappa shape index (κ3) is 4.08. The summed E-state index contributed by atoms with van der Waals surface area (Å²) in [6.45, 7) is 2.73. The Morgan fingerprint density at radius 1 is 1.12 bits per heavy atom. The van der Waals surface area contributed by atoms with Gasteiger partial charge in [-0.25, -0.2) is 15.0 Å². The number of likely N-dealkylation sites (N-methyl/N-ethyl adjacent to an activating group) is 1. The van der Waals surface area contributed by atoms with Crippen molar-refractivity contribution in [3.05, 3.63) is 42.3 Å². The lowest BCUT2D eigenvalue weighted by Gasteiger charge is -2.29. The Labute approximate surface area is 192 Å². The number of anilines is 1. The molecule has 0 bridgehead atoms. The first-order valence-corrected chi connectivity index (χ1v) is 11.5. The first-order valence-electron chi connectivity index (χ1n) is 11.5. The number of hydrogen-bond acceptors (Lipinski definition) is 8. The van der Waals surface area contributed by atoms with Gasteiger partial charge in [0.25, 0.3) is 5.91 Å². The van der Waals surface area contributed by atoms with Crippen molar-refractivity contribution in [1.82, 2.24) is 25.0 Å². The molecule has 0 spiro atoms. The fourth-order valence-corrected chi connectivity index (χ4v) is 4.66. The van der Waals surface area contributed by atoms with Crippen LogP contribution >= 0.6 is 0 Å². The zero-order valence-corrected chi connectivity index (χ0v) is 18.9. The van der Waals surface area contributed by atoms with Crippen LogP contribution in [0.1, 0.15) is 44.8 Å². The van der Waals surface area contributed by atoms with Crippen LogP contribution in [0.5, 0.6) is 0 Å². The van der Waals surface area contributed by atoms with Crippen molar-refractivity contribution in [2.75, 3.05) is 18.9 Å². The molecule has 4 heterocycles. The molecule has 1 aliphatic heterocycles. The third-order valence-corrected chi connectivity index (χ3v) is 6.78.